The Kier molecular flexibility index (Phi) is 8.41. The summed E-state index contributed by atoms with van der Waals surface area (Å²) < 4.78 is 26.6. The Balaban J connectivity index is 1.94. The largest absolute Gasteiger partial charge is 0.350 e. The number of aryl methyl sites for hydroxylation is 2. The predicted molar refractivity (Wildman–Crippen MR) is 117 cm³/mol. The van der Waals surface area contributed by atoms with Gasteiger partial charge in [0.05, 0.1) is 10.9 Å². The number of carbonyl (C=O) groups is 1. The fraction of sp³-hybridized carbons (Fsp3) is 0.435. The van der Waals surface area contributed by atoms with Crippen molar-refractivity contribution < 1.29 is 13.2 Å². The molecule has 0 aliphatic heterocycles. The summed E-state index contributed by atoms with van der Waals surface area (Å²) in [6.07, 6.45) is 2.13. The molecule has 29 heavy (non-hydrogen) atoms. The molecule has 5 nitrogen and oxygen atoms in total. The van der Waals surface area contributed by atoms with Gasteiger partial charge in [-0.25, -0.2) is 8.42 Å². The third-order valence-electron chi connectivity index (χ3n) is 5.17. The first-order chi connectivity index (χ1) is 13.8. The fourth-order valence-electron chi connectivity index (χ4n) is 3.24. The zero-order chi connectivity index (χ0) is 21.4. The Hall–Kier alpha value is -2.18. The topological polar surface area (TPSA) is 66.5 Å². The van der Waals surface area contributed by atoms with Gasteiger partial charge in [-0.2, -0.15) is 4.31 Å². The van der Waals surface area contributed by atoms with Crippen LogP contribution in [0, 0.1) is 0 Å². The average molecular weight is 417 g/mol. The second-order valence-electron chi connectivity index (χ2n) is 7.12. The van der Waals surface area contributed by atoms with Crippen LogP contribution < -0.4 is 5.32 Å². The van der Waals surface area contributed by atoms with E-state index in [1.54, 1.807) is 24.3 Å². The molecule has 2 rings (SSSR count). The van der Waals surface area contributed by atoms with Gasteiger partial charge in [0.15, 0.2) is 0 Å². The number of benzene rings is 2. The van der Waals surface area contributed by atoms with Crippen LogP contribution in [0.1, 0.15) is 56.8 Å². The van der Waals surface area contributed by atoms with Crippen LogP contribution in [-0.4, -0.2) is 31.7 Å². The summed E-state index contributed by atoms with van der Waals surface area (Å²) >= 11 is 0. The van der Waals surface area contributed by atoms with Gasteiger partial charge in [0.1, 0.15) is 0 Å². The van der Waals surface area contributed by atoms with E-state index in [9.17, 15) is 13.2 Å². The van der Waals surface area contributed by atoms with Gasteiger partial charge in [-0.1, -0.05) is 57.2 Å². The summed E-state index contributed by atoms with van der Waals surface area (Å²) in [6.45, 7) is 8.55. The normalized spacial score (nSPS) is 12.7. The van der Waals surface area contributed by atoms with Crippen LogP contribution in [-0.2, 0) is 27.7 Å². The monoisotopic (exact) mass is 416 g/mol. The highest BCUT2D eigenvalue weighted by atomic mass is 32.2. The van der Waals surface area contributed by atoms with Gasteiger partial charge in [-0.15, -0.1) is 0 Å². The van der Waals surface area contributed by atoms with Crippen LogP contribution in [0.4, 0.5) is 0 Å². The molecule has 158 valence electrons. The summed E-state index contributed by atoms with van der Waals surface area (Å²) in [5.74, 6) is -0.0168. The van der Waals surface area contributed by atoms with Crippen molar-refractivity contribution in [3.8, 4) is 0 Å². The van der Waals surface area contributed by atoms with E-state index in [4.69, 9.17) is 0 Å². The quantitative estimate of drug-likeness (QED) is 0.634. The van der Waals surface area contributed by atoms with Crippen molar-refractivity contribution in [1.82, 2.24) is 9.62 Å². The minimum atomic E-state index is -3.47. The van der Waals surface area contributed by atoms with E-state index in [0.29, 0.717) is 25.9 Å². The van der Waals surface area contributed by atoms with Crippen molar-refractivity contribution in [3.05, 3.63) is 65.2 Å². The van der Waals surface area contributed by atoms with Gasteiger partial charge in [0.25, 0.3) is 0 Å². The summed E-state index contributed by atoms with van der Waals surface area (Å²) in [5.41, 5.74) is 3.32. The Morgan fingerprint density at radius 2 is 1.48 bits per heavy atom. The first-order valence-electron chi connectivity index (χ1n) is 10.3. The number of hydrogen-bond acceptors (Lipinski definition) is 3. The van der Waals surface area contributed by atoms with Crippen LogP contribution in [0.15, 0.2) is 53.4 Å². The lowest BCUT2D eigenvalue weighted by Gasteiger charge is -2.19. The van der Waals surface area contributed by atoms with Gasteiger partial charge in [0.2, 0.25) is 15.9 Å². The molecule has 0 spiro atoms. The smallest absolute Gasteiger partial charge is 0.243 e. The molecule has 6 heteroatoms. The third kappa shape index (κ3) is 6.15. The summed E-state index contributed by atoms with van der Waals surface area (Å²) in [6, 6.07) is 14.9. The fourth-order valence-corrected chi connectivity index (χ4v) is 4.70. The van der Waals surface area contributed by atoms with Crippen molar-refractivity contribution in [3.63, 3.8) is 0 Å². The van der Waals surface area contributed by atoms with Crippen LogP contribution in [0.25, 0.3) is 0 Å². The van der Waals surface area contributed by atoms with E-state index in [2.05, 4.69) is 36.5 Å². The predicted octanol–water partition coefficient (Wildman–Crippen LogP) is 4.09. The highest BCUT2D eigenvalue weighted by Crippen LogP contribution is 2.19. The highest BCUT2D eigenvalue weighted by molar-refractivity contribution is 7.89. The van der Waals surface area contributed by atoms with E-state index in [0.717, 1.165) is 17.5 Å². The molecule has 0 fully saturated rings. The molecule has 0 radical (unpaired) electrons. The van der Waals surface area contributed by atoms with Gasteiger partial charge in [-0.05, 0) is 48.6 Å². The Morgan fingerprint density at radius 3 is 2.00 bits per heavy atom. The zero-order valence-electron chi connectivity index (χ0n) is 17.8. The van der Waals surface area contributed by atoms with E-state index in [1.807, 2.05) is 20.8 Å². The number of nitrogens with one attached hydrogen (secondary N) is 1. The van der Waals surface area contributed by atoms with Crippen molar-refractivity contribution in [2.45, 2.75) is 57.9 Å². The molecular weight excluding hydrogens is 384 g/mol. The molecule has 1 atom stereocenters. The molecule has 0 aliphatic carbocycles. The van der Waals surface area contributed by atoms with Crippen LogP contribution in [0.5, 0.6) is 0 Å². The first-order valence-corrected chi connectivity index (χ1v) is 11.7. The van der Waals surface area contributed by atoms with Gasteiger partial charge in [0, 0.05) is 19.5 Å². The Labute approximate surface area is 175 Å². The first kappa shape index (κ1) is 23.1. The molecule has 0 saturated heterocycles. The van der Waals surface area contributed by atoms with Gasteiger partial charge in [-0.3, -0.25) is 4.79 Å². The molecule has 0 bridgehead atoms. The summed E-state index contributed by atoms with van der Waals surface area (Å²) in [4.78, 5) is 12.6. The van der Waals surface area contributed by atoms with Gasteiger partial charge < -0.3 is 5.32 Å². The lowest BCUT2D eigenvalue weighted by Crippen LogP contribution is -2.30. The maximum absolute atomic E-state index is 12.6. The molecule has 0 aromatic heterocycles. The Morgan fingerprint density at radius 1 is 0.931 bits per heavy atom. The van der Waals surface area contributed by atoms with Crippen molar-refractivity contribution in [1.29, 1.82) is 0 Å². The number of hydrogen-bond donors (Lipinski definition) is 1. The summed E-state index contributed by atoms with van der Waals surface area (Å²) in [5, 5.41) is 2.99. The van der Waals surface area contributed by atoms with E-state index in [1.165, 1.54) is 9.87 Å². The maximum atomic E-state index is 12.6. The standard InChI is InChI=1S/C23H32N2O3S/c1-5-19-8-10-20(11-9-19)12-17-23(26)24-18(4)21-13-15-22(16-14-21)29(27,28)25(6-2)7-3/h8-11,13-16,18H,5-7,12,17H2,1-4H3,(H,24,26). The minimum absolute atomic E-state index is 0.0168. The SMILES string of the molecule is CCc1ccc(CCC(=O)NC(C)c2ccc(S(=O)(=O)N(CC)CC)cc2)cc1. The molecule has 2 aromatic rings. The molecule has 1 amide bonds. The van der Waals surface area contributed by atoms with Crippen molar-refractivity contribution in [2.24, 2.45) is 0 Å². The van der Waals surface area contributed by atoms with Crippen molar-refractivity contribution >= 4 is 15.9 Å². The van der Waals surface area contributed by atoms with E-state index < -0.39 is 10.0 Å². The van der Waals surface area contributed by atoms with Crippen LogP contribution in [0.3, 0.4) is 0 Å². The highest BCUT2D eigenvalue weighted by Gasteiger charge is 2.21. The number of amides is 1. The second-order valence-corrected chi connectivity index (χ2v) is 9.06. The number of rotatable bonds is 10. The molecule has 0 saturated carbocycles. The molecular formula is C23H32N2O3S. The summed E-state index contributed by atoms with van der Waals surface area (Å²) in [7, 11) is -3.47. The number of carbonyl (C=O) groups excluding carboxylic acids is 1. The van der Waals surface area contributed by atoms with Crippen molar-refractivity contribution in [2.75, 3.05) is 13.1 Å². The van der Waals surface area contributed by atoms with Crippen LogP contribution in [0.2, 0.25) is 0 Å². The van der Waals surface area contributed by atoms with Crippen LogP contribution >= 0.6 is 0 Å². The third-order valence-corrected chi connectivity index (χ3v) is 7.24. The molecule has 0 aliphatic rings. The van der Waals surface area contributed by atoms with E-state index in [-0.39, 0.29) is 16.8 Å². The zero-order valence-corrected chi connectivity index (χ0v) is 18.6. The van der Waals surface area contributed by atoms with Gasteiger partial charge >= 0.3 is 0 Å². The number of nitrogens with zero attached hydrogens (tertiary/aromatic N) is 1. The lowest BCUT2D eigenvalue weighted by molar-refractivity contribution is -0.121. The van der Waals surface area contributed by atoms with E-state index >= 15 is 0 Å². The maximum Gasteiger partial charge on any atom is 0.243 e. The number of sulfonamides is 1. The molecule has 0 heterocycles. The molecule has 1 unspecified atom stereocenters. The average Bonchev–Trinajstić information content (AvgIpc) is 2.73. The Bertz CT molecular complexity index is 887. The lowest BCUT2D eigenvalue weighted by atomic mass is 10.1. The minimum Gasteiger partial charge on any atom is -0.350 e. The molecule has 1 N–H and O–H groups in total. The molecule has 2 aromatic carbocycles. The second kappa shape index (κ2) is 10.6.